The van der Waals surface area contributed by atoms with Gasteiger partial charge in [-0.05, 0) is 25.7 Å². The summed E-state index contributed by atoms with van der Waals surface area (Å²) in [5.74, 6) is -3.53. The minimum absolute atomic E-state index is 0.0598. The molecule has 3 unspecified atom stereocenters. The lowest BCUT2D eigenvalue weighted by Gasteiger charge is -2.24. The summed E-state index contributed by atoms with van der Waals surface area (Å²) in [4.78, 5) is 63.9. The Kier molecular flexibility index (Phi) is 13.5. The average Bonchev–Trinajstić information content (AvgIpc) is 3.34. The molecule has 0 saturated carbocycles. The van der Waals surface area contributed by atoms with Gasteiger partial charge < -0.3 is 54.7 Å². The van der Waals surface area contributed by atoms with Crippen LogP contribution in [-0.4, -0.2) is 88.4 Å². The summed E-state index contributed by atoms with van der Waals surface area (Å²) in [6.45, 7) is 0.0271. The first-order valence-electron chi connectivity index (χ1n) is 11.4. The molecule has 17 nitrogen and oxygen atoms in total. The van der Waals surface area contributed by atoms with E-state index in [0.717, 1.165) is 0 Å². The van der Waals surface area contributed by atoms with Crippen molar-refractivity contribution in [1.82, 2.24) is 25.9 Å². The maximum Gasteiger partial charge on any atom is 0.326 e. The molecule has 15 N–H and O–H groups in total. The smallest absolute Gasteiger partial charge is 0.326 e. The van der Waals surface area contributed by atoms with Crippen LogP contribution in [0.2, 0.25) is 0 Å². The quantitative estimate of drug-likeness (QED) is 0.0526. The zero-order valence-corrected chi connectivity index (χ0v) is 20.4. The zero-order valence-electron chi connectivity index (χ0n) is 20.4. The minimum Gasteiger partial charge on any atom is -0.480 e. The summed E-state index contributed by atoms with van der Waals surface area (Å²) in [5.41, 5.74) is 27.1. The number of carboxylic acid groups (broad SMARTS) is 1. The van der Waals surface area contributed by atoms with Crippen molar-refractivity contribution in [3.8, 4) is 0 Å². The van der Waals surface area contributed by atoms with Crippen LogP contribution in [0.5, 0.6) is 0 Å². The lowest BCUT2D eigenvalue weighted by Crippen LogP contribution is -2.56. The molecule has 0 aliphatic rings. The number of hydrogen-bond acceptors (Lipinski definition) is 8. The molecule has 0 bridgehead atoms. The molecule has 3 atom stereocenters. The molecule has 0 fully saturated rings. The first-order chi connectivity index (χ1) is 17.5. The molecule has 0 aromatic carbocycles. The monoisotopic (exact) mass is 524 g/mol. The summed E-state index contributed by atoms with van der Waals surface area (Å²) in [6, 6.07) is -3.49. The largest absolute Gasteiger partial charge is 0.480 e. The van der Waals surface area contributed by atoms with Crippen molar-refractivity contribution in [3.05, 3.63) is 18.2 Å². The summed E-state index contributed by atoms with van der Waals surface area (Å²) >= 11 is 0. The SMILES string of the molecule is NCC(=O)NC(CCCN=C(N)N)C(=O)NC(CCCN=C(N)N)C(=O)NC(Cc1cnc[nH]1)C(=O)O. The van der Waals surface area contributed by atoms with Crippen LogP contribution in [0, 0.1) is 0 Å². The Hall–Kier alpha value is -4.41. The molecule has 37 heavy (non-hydrogen) atoms. The average molecular weight is 525 g/mol. The van der Waals surface area contributed by atoms with Crippen LogP contribution in [0.25, 0.3) is 0 Å². The highest BCUT2D eigenvalue weighted by atomic mass is 16.4. The number of carboxylic acids is 1. The van der Waals surface area contributed by atoms with E-state index >= 15 is 0 Å². The third kappa shape index (κ3) is 12.7. The van der Waals surface area contributed by atoms with Gasteiger partial charge >= 0.3 is 5.97 Å². The highest BCUT2D eigenvalue weighted by Crippen LogP contribution is 2.06. The molecule has 17 heteroatoms. The van der Waals surface area contributed by atoms with Gasteiger partial charge in [-0.15, -0.1) is 0 Å². The van der Waals surface area contributed by atoms with Crippen molar-refractivity contribution >= 4 is 35.6 Å². The van der Waals surface area contributed by atoms with E-state index in [1.54, 1.807) is 0 Å². The van der Waals surface area contributed by atoms with Gasteiger partial charge in [0.2, 0.25) is 17.7 Å². The van der Waals surface area contributed by atoms with Gasteiger partial charge in [0.05, 0.1) is 12.9 Å². The number of aromatic amines is 1. The number of carbonyl (C=O) groups excluding carboxylic acids is 3. The van der Waals surface area contributed by atoms with Crippen LogP contribution in [0.1, 0.15) is 31.4 Å². The number of imidazole rings is 1. The predicted octanol–water partition coefficient (Wildman–Crippen LogP) is -4.44. The Labute approximate surface area is 213 Å². The number of guanidine groups is 2. The van der Waals surface area contributed by atoms with Crippen molar-refractivity contribution < 1.29 is 24.3 Å². The highest BCUT2D eigenvalue weighted by Gasteiger charge is 2.29. The number of aliphatic carboxylic acids is 1. The number of H-pyrrole nitrogens is 1. The van der Waals surface area contributed by atoms with Crippen LogP contribution >= 0.6 is 0 Å². The second kappa shape index (κ2) is 16.3. The predicted molar refractivity (Wildman–Crippen MR) is 135 cm³/mol. The summed E-state index contributed by atoms with van der Waals surface area (Å²) in [5, 5.41) is 17.1. The fourth-order valence-electron chi connectivity index (χ4n) is 3.16. The highest BCUT2D eigenvalue weighted by molar-refractivity contribution is 5.93. The van der Waals surface area contributed by atoms with E-state index in [9.17, 15) is 24.3 Å². The Morgan fingerprint density at radius 1 is 0.892 bits per heavy atom. The van der Waals surface area contributed by atoms with E-state index in [0.29, 0.717) is 18.5 Å². The van der Waals surface area contributed by atoms with Crippen molar-refractivity contribution in [1.29, 1.82) is 0 Å². The Morgan fingerprint density at radius 3 is 1.84 bits per heavy atom. The maximum absolute atomic E-state index is 13.0. The number of aliphatic imine (C=N–C) groups is 2. The van der Waals surface area contributed by atoms with Crippen molar-refractivity contribution in [3.63, 3.8) is 0 Å². The zero-order chi connectivity index (χ0) is 27.8. The van der Waals surface area contributed by atoms with E-state index in [1.165, 1.54) is 12.5 Å². The van der Waals surface area contributed by atoms with Gasteiger partial charge in [0.25, 0.3) is 0 Å². The van der Waals surface area contributed by atoms with Crippen LogP contribution < -0.4 is 44.6 Å². The fourth-order valence-corrected chi connectivity index (χ4v) is 3.16. The summed E-state index contributed by atoms with van der Waals surface area (Å²) in [6.07, 6.45) is 3.61. The van der Waals surface area contributed by atoms with E-state index in [-0.39, 0.29) is 50.8 Å². The van der Waals surface area contributed by atoms with Crippen LogP contribution in [-0.2, 0) is 25.6 Å². The molecule has 0 aliphatic heterocycles. The molecule has 1 heterocycles. The third-order valence-electron chi connectivity index (χ3n) is 4.95. The van der Waals surface area contributed by atoms with Crippen molar-refractivity contribution in [2.75, 3.05) is 19.6 Å². The Bertz CT molecular complexity index is 942. The standard InChI is InChI=1S/C20H36N12O5/c21-8-15(33)30-12(3-1-5-27-19(22)23)16(34)31-13(4-2-6-28-20(24)25)17(35)32-14(18(36)37)7-11-9-26-10-29-11/h9-10,12-14H,1-8,21H2,(H,26,29)(H,30,33)(H,31,34)(H,32,35)(H,36,37)(H4,22,23,27)(H4,24,25,28). The van der Waals surface area contributed by atoms with Crippen molar-refractivity contribution in [2.24, 2.45) is 38.7 Å². The van der Waals surface area contributed by atoms with Gasteiger partial charge in [-0.25, -0.2) is 9.78 Å². The number of nitrogens with one attached hydrogen (secondary N) is 4. The molecule has 1 rings (SSSR count). The van der Waals surface area contributed by atoms with Crippen molar-refractivity contribution in [2.45, 2.75) is 50.2 Å². The number of hydrogen-bond donors (Lipinski definition) is 10. The molecule has 0 aliphatic carbocycles. The van der Waals surface area contributed by atoms with Crippen LogP contribution in [0.4, 0.5) is 0 Å². The van der Waals surface area contributed by atoms with Gasteiger partial charge in [0, 0.05) is 31.4 Å². The van der Waals surface area contributed by atoms with E-state index < -0.39 is 41.8 Å². The van der Waals surface area contributed by atoms with Crippen LogP contribution in [0.3, 0.4) is 0 Å². The van der Waals surface area contributed by atoms with Gasteiger partial charge in [0.1, 0.15) is 18.1 Å². The van der Waals surface area contributed by atoms with Crippen LogP contribution in [0.15, 0.2) is 22.5 Å². The first-order valence-corrected chi connectivity index (χ1v) is 11.4. The first kappa shape index (κ1) is 30.6. The molecule has 0 spiro atoms. The number of nitrogens with zero attached hydrogens (tertiary/aromatic N) is 3. The van der Waals surface area contributed by atoms with E-state index in [1.807, 2.05) is 0 Å². The Morgan fingerprint density at radius 2 is 1.41 bits per heavy atom. The molecular weight excluding hydrogens is 488 g/mol. The molecule has 0 radical (unpaired) electrons. The van der Waals surface area contributed by atoms with Gasteiger partial charge in [-0.2, -0.15) is 0 Å². The maximum atomic E-state index is 13.0. The number of aromatic nitrogens is 2. The van der Waals surface area contributed by atoms with Gasteiger partial charge in [-0.3, -0.25) is 24.4 Å². The molecule has 1 aromatic rings. The lowest BCUT2D eigenvalue weighted by molar-refractivity contribution is -0.142. The minimum atomic E-state index is -1.29. The summed E-state index contributed by atoms with van der Waals surface area (Å²) in [7, 11) is 0. The number of amides is 3. The number of rotatable bonds is 17. The molecule has 1 aromatic heterocycles. The number of nitrogens with two attached hydrogens (primary N) is 5. The fraction of sp³-hybridized carbons (Fsp3) is 0.550. The second-order valence-electron chi connectivity index (χ2n) is 7.96. The topological polar surface area (TPSA) is 308 Å². The van der Waals surface area contributed by atoms with E-state index in [2.05, 4.69) is 35.9 Å². The molecular formula is C20H36N12O5. The Balaban J connectivity index is 2.99. The van der Waals surface area contributed by atoms with Gasteiger partial charge in [-0.1, -0.05) is 0 Å². The normalized spacial score (nSPS) is 12.9. The molecule has 0 saturated heterocycles. The molecule has 206 valence electrons. The molecule has 3 amide bonds. The summed E-state index contributed by atoms with van der Waals surface area (Å²) < 4.78 is 0. The lowest BCUT2D eigenvalue weighted by atomic mass is 10.1. The van der Waals surface area contributed by atoms with E-state index in [4.69, 9.17) is 28.7 Å². The second-order valence-corrected chi connectivity index (χ2v) is 7.96. The third-order valence-corrected chi connectivity index (χ3v) is 4.95. The van der Waals surface area contributed by atoms with Gasteiger partial charge in [0.15, 0.2) is 11.9 Å². The number of carbonyl (C=O) groups is 4.